The van der Waals surface area contributed by atoms with Gasteiger partial charge in [0.2, 0.25) is 0 Å². The van der Waals surface area contributed by atoms with Gasteiger partial charge < -0.3 is 9.79 Å². The Morgan fingerprint density at radius 3 is 2.17 bits per heavy atom. The Morgan fingerprint density at radius 2 is 1.92 bits per heavy atom. The van der Waals surface area contributed by atoms with Crippen molar-refractivity contribution in [3.05, 3.63) is 0 Å². The van der Waals surface area contributed by atoms with Crippen molar-refractivity contribution in [3.63, 3.8) is 0 Å². The fourth-order valence-electron chi connectivity index (χ4n) is 1.90. The fourth-order valence-corrected chi connectivity index (χ4v) is 2.93. The van der Waals surface area contributed by atoms with Crippen molar-refractivity contribution in [2.45, 2.75) is 38.8 Å². The molecule has 1 aliphatic rings. The molecule has 72 valence electrons. The topological polar surface area (TPSA) is 57.5 Å². The van der Waals surface area contributed by atoms with Gasteiger partial charge in [0, 0.05) is 0 Å². The molecule has 2 N–H and O–H groups in total. The second-order valence-corrected chi connectivity index (χ2v) is 5.97. The van der Waals surface area contributed by atoms with Crippen LogP contribution in [0.1, 0.15) is 33.1 Å². The Hall–Kier alpha value is 0.150. The molecule has 0 heterocycles. The maximum Gasteiger partial charge on any atom is 0.328 e. The highest BCUT2D eigenvalue weighted by atomic mass is 31.2. The molecule has 0 saturated heterocycles. The Labute approximate surface area is 73.3 Å². The highest BCUT2D eigenvalue weighted by Crippen LogP contribution is 2.51. The summed E-state index contributed by atoms with van der Waals surface area (Å²) in [5.74, 6) is 1.07. The summed E-state index contributed by atoms with van der Waals surface area (Å²) in [6.07, 6.45) is 2.39. The smallest absolute Gasteiger partial charge is 0.324 e. The van der Waals surface area contributed by atoms with Crippen LogP contribution in [0.5, 0.6) is 0 Å². The molecule has 0 aliphatic heterocycles. The summed E-state index contributed by atoms with van der Waals surface area (Å²) in [4.78, 5) is 17.9. The van der Waals surface area contributed by atoms with Crippen molar-refractivity contribution in [1.29, 1.82) is 0 Å². The van der Waals surface area contributed by atoms with Crippen LogP contribution in [-0.4, -0.2) is 15.4 Å². The van der Waals surface area contributed by atoms with E-state index in [0.29, 0.717) is 24.7 Å². The number of hydrogen-bond acceptors (Lipinski definition) is 1. The molecule has 0 spiro atoms. The number of rotatable bonds is 2. The lowest BCUT2D eigenvalue weighted by molar-refractivity contribution is 0.349. The van der Waals surface area contributed by atoms with Crippen molar-refractivity contribution >= 4 is 7.60 Å². The van der Waals surface area contributed by atoms with Gasteiger partial charge in [0.15, 0.2) is 0 Å². The van der Waals surface area contributed by atoms with E-state index in [1.54, 1.807) is 0 Å². The zero-order valence-corrected chi connectivity index (χ0v) is 8.50. The van der Waals surface area contributed by atoms with Gasteiger partial charge in [-0.2, -0.15) is 0 Å². The average Bonchev–Trinajstić information content (AvgIpc) is 2.30. The summed E-state index contributed by atoms with van der Waals surface area (Å²) in [6, 6.07) is 0. The van der Waals surface area contributed by atoms with Gasteiger partial charge in [-0.15, -0.1) is 0 Å². The van der Waals surface area contributed by atoms with E-state index >= 15 is 0 Å². The van der Waals surface area contributed by atoms with Crippen molar-refractivity contribution in [1.82, 2.24) is 0 Å². The van der Waals surface area contributed by atoms with Crippen molar-refractivity contribution in [2.75, 3.05) is 0 Å². The zero-order valence-electron chi connectivity index (χ0n) is 7.60. The lowest BCUT2D eigenvalue weighted by Crippen LogP contribution is -2.07. The molecule has 1 saturated carbocycles. The van der Waals surface area contributed by atoms with Crippen LogP contribution in [0, 0.1) is 11.8 Å². The first kappa shape index (κ1) is 10.2. The highest BCUT2D eigenvalue weighted by Gasteiger charge is 2.37. The van der Waals surface area contributed by atoms with Gasteiger partial charge in [-0.3, -0.25) is 4.57 Å². The van der Waals surface area contributed by atoms with E-state index in [0.717, 1.165) is 6.42 Å². The molecule has 0 aromatic heterocycles. The van der Waals surface area contributed by atoms with E-state index in [1.807, 2.05) is 0 Å². The van der Waals surface area contributed by atoms with Gasteiger partial charge in [0.05, 0.1) is 5.66 Å². The van der Waals surface area contributed by atoms with Gasteiger partial charge in [0.1, 0.15) is 0 Å². The maximum atomic E-state index is 10.9. The minimum atomic E-state index is -3.79. The summed E-state index contributed by atoms with van der Waals surface area (Å²) < 4.78 is 10.9. The molecule has 0 aromatic rings. The van der Waals surface area contributed by atoms with Gasteiger partial charge in [-0.1, -0.05) is 13.8 Å². The first-order valence-corrected chi connectivity index (χ1v) is 6.14. The minimum Gasteiger partial charge on any atom is -0.324 e. The maximum absolute atomic E-state index is 10.9. The van der Waals surface area contributed by atoms with Crippen LogP contribution in [0.25, 0.3) is 0 Å². The summed E-state index contributed by atoms with van der Waals surface area (Å²) in [5.41, 5.74) is -0.357. The van der Waals surface area contributed by atoms with Gasteiger partial charge in [0.25, 0.3) is 0 Å². The van der Waals surface area contributed by atoms with E-state index in [2.05, 4.69) is 13.8 Å². The Kier molecular flexibility index (Phi) is 2.97. The molecule has 0 radical (unpaired) electrons. The SMILES string of the molecule is CC(C)C1CCC(P(=O)(O)O)C1. The predicted molar refractivity (Wildman–Crippen MR) is 48.0 cm³/mol. The van der Waals surface area contributed by atoms with Gasteiger partial charge in [-0.25, -0.2) is 0 Å². The summed E-state index contributed by atoms with van der Waals surface area (Å²) in [6.45, 7) is 4.24. The number of hydrogen-bond donors (Lipinski definition) is 2. The standard InChI is InChI=1S/C8H17O3P/c1-6(2)7-3-4-8(5-7)12(9,10)11/h6-8H,3-5H2,1-2H3,(H2,9,10,11). The lowest BCUT2D eigenvalue weighted by atomic mass is 9.95. The van der Waals surface area contributed by atoms with Gasteiger partial charge >= 0.3 is 7.60 Å². The predicted octanol–water partition coefficient (Wildman–Crippen LogP) is 1.99. The largest absolute Gasteiger partial charge is 0.328 e. The molecule has 3 nitrogen and oxygen atoms in total. The van der Waals surface area contributed by atoms with E-state index in [-0.39, 0.29) is 5.66 Å². The molecule has 1 rings (SSSR count). The van der Waals surface area contributed by atoms with E-state index in [1.165, 1.54) is 0 Å². The third kappa shape index (κ3) is 2.32. The van der Waals surface area contributed by atoms with E-state index in [9.17, 15) is 4.57 Å². The Bertz CT molecular complexity index is 196. The molecule has 2 atom stereocenters. The van der Waals surface area contributed by atoms with Crippen LogP contribution in [0.15, 0.2) is 0 Å². The van der Waals surface area contributed by atoms with Crippen LogP contribution < -0.4 is 0 Å². The molecular formula is C8H17O3P. The van der Waals surface area contributed by atoms with Crippen LogP contribution in [0.4, 0.5) is 0 Å². The monoisotopic (exact) mass is 192 g/mol. The quantitative estimate of drug-likeness (QED) is 0.658. The molecule has 1 fully saturated rings. The fraction of sp³-hybridized carbons (Fsp3) is 1.00. The van der Waals surface area contributed by atoms with Gasteiger partial charge in [-0.05, 0) is 31.1 Å². The summed E-state index contributed by atoms with van der Waals surface area (Å²) >= 11 is 0. The Morgan fingerprint density at radius 1 is 1.33 bits per heavy atom. The van der Waals surface area contributed by atoms with Crippen molar-refractivity contribution in [2.24, 2.45) is 11.8 Å². The summed E-state index contributed by atoms with van der Waals surface area (Å²) in [7, 11) is -3.79. The second-order valence-electron chi connectivity index (χ2n) is 4.06. The minimum absolute atomic E-state index is 0.357. The molecule has 2 unspecified atom stereocenters. The van der Waals surface area contributed by atoms with E-state index < -0.39 is 7.60 Å². The molecule has 1 aliphatic carbocycles. The zero-order chi connectivity index (χ0) is 9.35. The molecule has 0 aromatic carbocycles. The molecule has 0 amide bonds. The third-order valence-electron chi connectivity index (χ3n) is 2.86. The van der Waals surface area contributed by atoms with Crippen molar-refractivity contribution in [3.8, 4) is 0 Å². The van der Waals surface area contributed by atoms with E-state index in [4.69, 9.17) is 9.79 Å². The first-order valence-electron chi connectivity index (χ1n) is 4.46. The third-order valence-corrected chi connectivity index (χ3v) is 4.28. The highest BCUT2D eigenvalue weighted by molar-refractivity contribution is 7.52. The Balaban J connectivity index is 2.52. The first-order chi connectivity index (χ1) is 5.41. The molecule has 0 bridgehead atoms. The van der Waals surface area contributed by atoms with Crippen LogP contribution >= 0.6 is 7.60 Å². The summed E-state index contributed by atoms with van der Waals surface area (Å²) in [5, 5.41) is 0. The van der Waals surface area contributed by atoms with Crippen LogP contribution in [0.3, 0.4) is 0 Å². The van der Waals surface area contributed by atoms with Crippen LogP contribution in [-0.2, 0) is 4.57 Å². The second kappa shape index (κ2) is 3.49. The molecular weight excluding hydrogens is 175 g/mol. The molecule has 4 heteroatoms. The van der Waals surface area contributed by atoms with Crippen molar-refractivity contribution < 1.29 is 14.4 Å². The van der Waals surface area contributed by atoms with Crippen LogP contribution in [0.2, 0.25) is 0 Å². The normalized spacial score (nSPS) is 31.4. The molecule has 12 heavy (non-hydrogen) atoms. The average molecular weight is 192 g/mol. The lowest BCUT2D eigenvalue weighted by Gasteiger charge is -2.15.